The monoisotopic (exact) mass is 265 g/mol. The summed E-state index contributed by atoms with van der Waals surface area (Å²) in [5, 5.41) is 0. The van der Waals surface area contributed by atoms with Crippen molar-refractivity contribution in [1.82, 2.24) is 0 Å². The summed E-state index contributed by atoms with van der Waals surface area (Å²) in [6.45, 7) is 6.05. The summed E-state index contributed by atoms with van der Waals surface area (Å²) in [5.74, 6) is 0. The maximum Gasteiger partial charge on any atom is 0.565 e. The lowest BCUT2D eigenvalue weighted by atomic mass is 10.1. The van der Waals surface area contributed by atoms with Gasteiger partial charge in [0.25, 0.3) is 0 Å². The minimum atomic E-state index is -3.86. The van der Waals surface area contributed by atoms with Crippen molar-refractivity contribution >= 4 is 15.4 Å². The number of rotatable bonds is 7. The van der Waals surface area contributed by atoms with Crippen LogP contribution in [0, 0.1) is 0 Å². The van der Waals surface area contributed by atoms with E-state index >= 15 is 0 Å². The Morgan fingerprint density at radius 1 is 1.38 bits per heavy atom. The molecule has 0 aliphatic rings. The highest BCUT2D eigenvalue weighted by molar-refractivity contribution is 8.14. The first-order valence-corrected chi connectivity index (χ1v) is 8.36. The van der Waals surface area contributed by atoms with Gasteiger partial charge >= 0.3 is 15.4 Å². The molecule has 16 heavy (non-hydrogen) atoms. The summed E-state index contributed by atoms with van der Waals surface area (Å²) in [6.07, 6.45) is 5.71. The fourth-order valence-corrected chi connectivity index (χ4v) is 1.71. The van der Waals surface area contributed by atoms with Crippen molar-refractivity contribution in [1.29, 1.82) is 0 Å². The second-order valence-electron chi connectivity index (χ2n) is 3.78. The van der Waals surface area contributed by atoms with Gasteiger partial charge in [-0.3, -0.25) is 9.42 Å². The minimum Gasteiger partial charge on any atom is -0.287 e. The normalized spacial score (nSPS) is 15.9. The summed E-state index contributed by atoms with van der Waals surface area (Å²) in [7, 11) is -5.17. The van der Waals surface area contributed by atoms with Gasteiger partial charge in [-0.15, -0.1) is 0 Å². The van der Waals surface area contributed by atoms with E-state index in [-0.39, 0.29) is 6.61 Å². The van der Waals surface area contributed by atoms with Crippen LogP contribution in [-0.4, -0.2) is 11.5 Å². The van der Waals surface area contributed by atoms with Gasteiger partial charge in [-0.2, -0.15) is 0 Å². The van der Waals surface area contributed by atoms with E-state index in [4.69, 9.17) is 4.89 Å². The number of hydrogen-bond acceptors (Lipinski definition) is 3. The highest BCUT2D eigenvalue weighted by atomic mass is 32.1. The minimum absolute atomic E-state index is 0.0314. The Morgan fingerprint density at radius 3 is 2.50 bits per heavy atom. The molecule has 92 valence electrons. The van der Waals surface area contributed by atoms with Gasteiger partial charge < -0.3 is 0 Å². The quantitative estimate of drug-likeness (QED) is 0.561. The summed E-state index contributed by atoms with van der Waals surface area (Å²) in [5.41, 5.74) is 2.36. The second-order valence-corrected chi connectivity index (χ2v) is 7.50. The fourth-order valence-electron chi connectivity index (χ4n) is 0.997. The first kappa shape index (κ1) is 15.7. The number of allylic oxidation sites excluding steroid dienone is 3. The van der Waals surface area contributed by atoms with Crippen LogP contribution in [0.5, 0.6) is 0 Å². The Morgan fingerprint density at radius 2 is 2.00 bits per heavy atom. The Labute approximate surface area is 98.0 Å². The zero-order chi connectivity index (χ0) is 12.6. The molecule has 6 heteroatoms. The molecule has 0 spiro atoms. The van der Waals surface area contributed by atoms with Crippen LogP contribution in [0.15, 0.2) is 23.3 Å². The molecule has 2 atom stereocenters. The Bertz CT molecular complexity index is 330. The van der Waals surface area contributed by atoms with Gasteiger partial charge in [0.1, 0.15) is 0 Å². The molecular weight excluding hydrogens is 246 g/mol. The molecule has 0 bridgehead atoms. The first-order valence-electron chi connectivity index (χ1n) is 5.03. The summed E-state index contributed by atoms with van der Waals surface area (Å²) < 4.78 is 25.7. The standard InChI is InChI=1S/C10H18O4P2/c1-9(2)5-4-6-10(3)7-8-14-16(12,13)15-11/h5,7H,4,6,8H2,1-3H3,(H,12,13)/p+1/b10-7+. The Kier molecular flexibility index (Phi) is 7.78. The van der Waals surface area contributed by atoms with Gasteiger partial charge in [0, 0.05) is 0 Å². The van der Waals surface area contributed by atoms with Crippen molar-refractivity contribution in [3.05, 3.63) is 23.3 Å². The van der Waals surface area contributed by atoms with Gasteiger partial charge in [0.05, 0.1) is 6.61 Å². The molecule has 0 aliphatic heterocycles. The van der Waals surface area contributed by atoms with Crippen molar-refractivity contribution in [2.75, 3.05) is 6.61 Å². The van der Waals surface area contributed by atoms with Crippen LogP contribution >= 0.6 is 15.4 Å². The molecular formula is C10H19O4P2+. The summed E-state index contributed by atoms with van der Waals surface area (Å²) in [6, 6.07) is 0. The van der Waals surface area contributed by atoms with Crippen molar-refractivity contribution in [3.8, 4) is 0 Å². The first-order chi connectivity index (χ1) is 7.37. The van der Waals surface area contributed by atoms with E-state index in [2.05, 4.69) is 10.6 Å². The lowest BCUT2D eigenvalue weighted by molar-refractivity contribution is 0.303. The van der Waals surface area contributed by atoms with E-state index in [1.165, 1.54) is 5.57 Å². The van der Waals surface area contributed by atoms with Crippen LogP contribution in [0.2, 0.25) is 0 Å². The third-order valence-corrected chi connectivity index (χ3v) is 3.70. The van der Waals surface area contributed by atoms with Crippen LogP contribution in [0.1, 0.15) is 33.6 Å². The maximum atomic E-state index is 10.9. The summed E-state index contributed by atoms with van der Waals surface area (Å²) >= 11 is 0. The molecule has 0 aromatic carbocycles. The van der Waals surface area contributed by atoms with Crippen molar-refractivity contribution in [2.24, 2.45) is 0 Å². The predicted molar refractivity (Wildman–Crippen MR) is 67.2 cm³/mol. The van der Waals surface area contributed by atoms with Crippen LogP contribution in [0.4, 0.5) is 0 Å². The van der Waals surface area contributed by atoms with Crippen LogP contribution in [-0.2, 0) is 13.7 Å². The van der Waals surface area contributed by atoms with Crippen LogP contribution in [0.3, 0.4) is 0 Å². The topological polar surface area (TPSA) is 63.6 Å². The highest BCUT2D eigenvalue weighted by Crippen LogP contribution is 2.54. The highest BCUT2D eigenvalue weighted by Gasteiger charge is 2.28. The van der Waals surface area contributed by atoms with E-state index in [9.17, 15) is 9.13 Å². The van der Waals surface area contributed by atoms with E-state index in [1.807, 2.05) is 20.8 Å². The zero-order valence-electron chi connectivity index (χ0n) is 9.90. The lowest BCUT2D eigenvalue weighted by Crippen LogP contribution is -1.87. The van der Waals surface area contributed by atoms with Crippen molar-refractivity contribution < 1.29 is 18.5 Å². The third kappa shape index (κ3) is 8.99. The molecule has 0 aromatic rings. The lowest BCUT2D eigenvalue weighted by Gasteiger charge is -1.99. The molecule has 0 aromatic heterocycles. The Hall–Kier alpha value is -0.270. The van der Waals surface area contributed by atoms with E-state index in [1.54, 1.807) is 6.08 Å². The molecule has 0 amide bonds. The average Bonchev–Trinajstić information content (AvgIpc) is 2.17. The number of hydrogen-bond donors (Lipinski definition) is 1. The van der Waals surface area contributed by atoms with Crippen LogP contribution in [0.25, 0.3) is 0 Å². The zero-order valence-corrected chi connectivity index (χ0v) is 11.8. The molecule has 0 rings (SSSR count). The molecule has 0 saturated carbocycles. The molecule has 2 unspecified atom stereocenters. The largest absolute Gasteiger partial charge is 0.565 e. The van der Waals surface area contributed by atoms with Gasteiger partial charge in [-0.1, -0.05) is 27.9 Å². The van der Waals surface area contributed by atoms with Crippen LogP contribution < -0.4 is 0 Å². The van der Waals surface area contributed by atoms with E-state index < -0.39 is 15.4 Å². The average molecular weight is 265 g/mol. The third-order valence-electron chi connectivity index (χ3n) is 1.89. The second kappa shape index (κ2) is 7.92. The van der Waals surface area contributed by atoms with E-state index in [0.29, 0.717) is 0 Å². The fraction of sp³-hybridized carbons (Fsp3) is 0.600. The van der Waals surface area contributed by atoms with Gasteiger partial charge in [0.2, 0.25) is 0 Å². The van der Waals surface area contributed by atoms with Crippen molar-refractivity contribution in [3.63, 3.8) is 0 Å². The molecule has 0 fully saturated rings. The van der Waals surface area contributed by atoms with Gasteiger partial charge in [-0.05, 0) is 33.6 Å². The van der Waals surface area contributed by atoms with E-state index in [0.717, 1.165) is 18.4 Å². The van der Waals surface area contributed by atoms with Gasteiger partial charge in [0.15, 0.2) is 0 Å². The summed E-state index contributed by atoms with van der Waals surface area (Å²) in [4.78, 5) is 8.88. The molecule has 4 nitrogen and oxygen atoms in total. The van der Waals surface area contributed by atoms with Gasteiger partial charge in [-0.25, -0.2) is 4.57 Å². The molecule has 0 radical (unpaired) electrons. The predicted octanol–water partition coefficient (Wildman–Crippen LogP) is 3.82. The molecule has 0 aliphatic carbocycles. The smallest absolute Gasteiger partial charge is 0.287 e. The Balaban J connectivity index is 3.92. The maximum absolute atomic E-state index is 10.9. The SMILES string of the molecule is CC(C)=CCC/C(C)=C/COP(=O)(O)[PH+]=O. The molecule has 0 heterocycles. The molecule has 0 saturated heterocycles. The molecule has 1 N–H and O–H groups in total. The van der Waals surface area contributed by atoms with Crippen molar-refractivity contribution in [2.45, 2.75) is 33.6 Å².